The second kappa shape index (κ2) is 8.84. The van der Waals surface area contributed by atoms with Crippen LogP contribution in [-0.4, -0.2) is 56.6 Å². The van der Waals surface area contributed by atoms with Gasteiger partial charge in [-0.05, 0) is 14.0 Å². The van der Waals surface area contributed by atoms with E-state index in [1.54, 1.807) is 21.1 Å². The Labute approximate surface area is 108 Å². The molecule has 0 aromatic carbocycles. The number of nitrogens with one attached hydrogen (secondary N) is 2. The summed E-state index contributed by atoms with van der Waals surface area (Å²) >= 11 is 0. The van der Waals surface area contributed by atoms with Crippen LogP contribution in [0.15, 0.2) is 0 Å². The number of hydrogen-bond acceptors (Lipinski definition) is 5. The van der Waals surface area contributed by atoms with Gasteiger partial charge in [0.1, 0.15) is 0 Å². The van der Waals surface area contributed by atoms with Crippen molar-refractivity contribution in [2.24, 2.45) is 11.8 Å². The monoisotopic (exact) mass is 260 g/mol. The van der Waals surface area contributed by atoms with Gasteiger partial charge in [-0.25, -0.2) is 5.84 Å². The lowest BCUT2D eigenvalue weighted by Gasteiger charge is -2.28. The maximum atomic E-state index is 11.6. The summed E-state index contributed by atoms with van der Waals surface area (Å²) in [4.78, 5) is 24.7. The molecule has 0 saturated carbocycles. The zero-order valence-electron chi connectivity index (χ0n) is 11.5. The van der Waals surface area contributed by atoms with Gasteiger partial charge >= 0.3 is 0 Å². The molecule has 0 aliphatic rings. The fourth-order valence-corrected chi connectivity index (χ4v) is 1.45. The number of nitrogens with two attached hydrogens (primary N) is 1. The van der Waals surface area contributed by atoms with Crippen molar-refractivity contribution in [2.75, 3.05) is 33.9 Å². The molecule has 0 spiro atoms. The number of carbonyl (C=O) groups excluding carboxylic acids is 2. The molecule has 18 heavy (non-hydrogen) atoms. The molecular formula is C11H24N4O3. The predicted molar refractivity (Wildman–Crippen MR) is 68.5 cm³/mol. The fourth-order valence-electron chi connectivity index (χ4n) is 1.45. The molecule has 2 atom stereocenters. The number of carbonyl (C=O) groups is 2. The Morgan fingerprint density at radius 2 is 2.00 bits per heavy atom. The quantitative estimate of drug-likeness (QED) is 0.218. The molecule has 0 radical (unpaired) electrons. The van der Waals surface area contributed by atoms with Gasteiger partial charge < -0.3 is 10.1 Å². The summed E-state index contributed by atoms with van der Waals surface area (Å²) in [5, 5.41) is 2.72. The van der Waals surface area contributed by atoms with E-state index in [0.717, 1.165) is 0 Å². The van der Waals surface area contributed by atoms with Crippen molar-refractivity contribution in [3.63, 3.8) is 0 Å². The van der Waals surface area contributed by atoms with Crippen LogP contribution in [0.2, 0.25) is 0 Å². The molecule has 0 heterocycles. The maximum Gasteiger partial charge on any atom is 0.238 e. The normalized spacial score (nSPS) is 14.1. The number of hydrazine groups is 1. The molecule has 7 heteroatoms. The molecule has 2 amide bonds. The Kier molecular flexibility index (Phi) is 8.27. The molecule has 0 bridgehead atoms. The van der Waals surface area contributed by atoms with Crippen molar-refractivity contribution in [3.05, 3.63) is 0 Å². The van der Waals surface area contributed by atoms with Crippen LogP contribution in [0.5, 0.6) is 0 Å². The minimum atomic E-state index is -0.285. The summed E-state index contributed by atoms with van der Waals surface area (Å²) in [6, 6.07) is -0.0817. The van der Waals surface area contributed by atoms with Gasteiger partial charge in [-0.2, -0.15) is 0 Å². The lowest BCUT2D eigenvalue weighted by Crippen LogP contribution is -2.47. The van der Waals surface area contributed by atoms with Gasteiger partial charge in [0.25, 0.3) is 0 Å². The molecule has 4 N–H and O–H groups in total. The Morgan fingerprint density at radius 1 is 1.39 bits per heavy atom. The highest BCUT2D eigenvalue weighted by Gasteiger charge is 2.23. The highest BCUT2D eigenvalue weighted by atomic mass is 16.5. The second-order valence-corrected chi connectivity index (χ2v) is 4.30. The number of amides is 2. The number of rotatable bonds is 8. The molecule has 0 rings (SSSR count). The van der Waals surface area contributed by atoms with E-state index >= 15 is 0 Å². The standard InChI is InChI=1S/C11H24N4O3/c1-8(11(17)14-12)9(2)15(3)7-10(16)13-5-6-18-4/h8-9H,5-7,12H2,1-4H3,(H,13,16)(H,14,17). The van der Waals surface area contributed by atoms with Crippen molar-refractivity contribution in [1.82, 2.24) is 15.6 Å². The van der Waals surface area contributed by atoms with E-state index in [2.05, 4.69) is 10.7 Å². The summed E-state index contributed by atoms with van der Waals surface area (Å²) in [6.07, 6.45) is 0. The van der Waals surface area contributed by atoms with E-state index in [-0.39, 0.29) is 30.3 Å². The molecule has 0 aromatic heterocycles. The van der Waals surface area contributed by atoms with Crippen LogP contribution in [0.1, 0.15) is 13.8 Å². The van der Waals surface area contributed by atoms with E-state index in [0.29, 0.717) is 13.2 Å². The largest absolute Gasteiger partial charge is 0.383 e. The third-order valence-electron chi connectivity index (χ3n) is 3.00. The van der Waals surface area contributed by atoms with E-state index in [4.69, 9.17) is 10.6 Å². The number of likely N-dealkylation sites (N-methyl/N-ethyl adjacent to an activating group) is 1. The first kappa shape index (κ1) is 16.8. The van der Waals surface area contributed by atoms with Gasteiger partial charge in [0.2, 0.25) is 11.8 Å². The van der Waals surface area contributed by atoms with Crippen LogP contribution in [0.3, 0.4) is 0 Å². The lowest BCUT2D eigenvalue weighted by molar-refractivity contribution is -0.128. The summed E-state index contributed by atoms with van der Waals surface area (Å²) < 4.78 is 4.83. The average molecular weight is 260 g/mol. The number of methoxy groups -OCH3 is 1. The van der Waals surface area contributed by atoms with Crippen LogP contribution in [0.4, 0.5) is 0 Å². The van der Waals surface area contributed by atoms with Crippen molar-refractivity contribution >= 4 is 11.8 Å². The van der Waals surface area contributed by atoms with Crippen LogP contribution < -0.4 is 16.6 Å². The minimum absolute atomic E-state index is 0.0817. The Hall–Kier alpha value is -1.18. The molecule has 0 fully saturated rings. The molecule has 0 aromatic rings. The van der Waals surface area contributed by atoms with Gasteiger partial charge in [-0.15, -0.1) is 0 Å². The summed E-state index contributed by atoms with van der Waals surface area (Å²) in [7, 11) is 3.37. The first-order valence-electron chi connectivity index (χ1n) is 5.90. The minimum Gasteiger partial charge on any atom is -0.383 e. The smallest absolute Gasteiger partial charge is 0.238 e. The third-order valence-corrected chi connectivity index (χ3v) is 3.00. The molecule has 7 nitrogen and oxygen atoms in total. The molecule has 0 aliphatic heterocycles. The topological polar surface area (TPSA) is 96.7 Å². The molecule has 0 saturated heterocycles. The number of nitrogens with zero attached hydrogens (tertiary/aromatic N) is 1. The lowest BCUT2D eigenvalue weighted by atomic mass is 10.0. The van der Waals surface area contributed by atoms with Crippen molar-refractivity contribution < 1.29 is 14.3 Å². The SMILES string of the molecule is COCCNC(=O)CN(C)C(C)C(C)C(=O)NN. The molecule has 106 valence electrons. The highest BCUT2D eigenvalue weighted by Crippen LogP contribution is 2.08. The second-order valence-electron chi connectivity index (χ2n) is 4.30. The first-order chi connectivity index (χ1) is 8.43. The van der Waals surface area contributed by atoms with Crippen LogP contribution in [0, 0.1) is 5.92 Å². The van der Waals surface area contributed by atoms with Crippen molar-refractivity contribution in [1.29, 1.82) is 0 Å². The average Bonchev–Trinajstić information content (AvgIpc) is 2.36. The number of ether oxygens (including phenoxy) is 1. The van der Waals surface area contributed by atoms with Gasteiger partial charge in [0, 0.05) is 19.7 Å². The molecular weight excluding hydrogens is 236 g/mol. The summed E-state index contributed by atoms with van der Waals surface area (Å²) in [5.74, 6) is 4.46. The third kappa shape index (κ3) is 5.95. The van der Waals surface area contributed by atoms with Crippen molar-refractivity contribution in [2.45, 2.75) is 19.9 Å². The van der Waals surface area contributed by atoms with E-state index in [9.17, 15) is 9.59 Å². The predicted octanol–water partition coefficient (Wildman–Crippen LogP) is -1.30. The zero-order chi connectivity index (χ0) is 14.1. The molecule has 0 aliphatic carbocycles. The van der Waals surface area contributed by atoms with Gasteiger partial charge in [-0.1, -0.05) is 6.92 Å². The van der Waals surface area contributed by atoms with Crippen molar-refractivity contribution in [3.8, 4) is 0 Å². The Balaban J connectivity index is 4.10. The van der Waals surface area contributed by atoms with Gasteiger partial charge in [-0.3, -0.25) is 19.9 Å². The number of hydrogen-bond donors (Lipinski definition) is 3. The van der Waals surface area contributed by atoms with E-state index < -0.39 is 0 Å². The highest BCUT2D eigenvalue weighted by molar-refractivity contribution is 5.79. The zero-order valence-corrected chi connectivity index (χ0v) is 11.5. The fraction of sp³-hybridized carbons (Fsp3) is 0.818. The van der Waals surface area contributed by atoms with E-state index in [1.807, 2.05) is 11.8 Å². The van der Waals surface area contributed by atoms with Crippen LogP contribution >= 0.6 is 0 Å². The summed E-state index contributed by atoms with van der Waals surface area (Å²) in [5.41, 5.74) is 2.11. The summed E-state index contributed by atoms with van der Waals surface area (Å²) in [6.45, 7) is 4.84. The Morgan fingerprint density at radius 3 is 2.50 bits per heavy atom. The maximum absolute atomic E-state index is 11.6. The van der Waals surface area contributed by atoms with E-state index in [1.165, 1.54) is 0 Å². The molecule has 2 unspecified atom stereocenters. The van der Waals surface area contributed by atoms with Gasteiger partial charge in [0.05, 0.1) is 19.1 Å². The van der Waals surface area contributed by atoms with Crippen LogP contribution in [0.25, 0.3) is 0 Å². The first-order valence-corrected chi connectivity index (χ1v) is 5.90. The van der Waals surface area contributed by atoms with Crippen LogP contribution in [-0.2, 0) is 14.3 Å². The Bertz CT molecular complexity index is 273. The van der Waals surface area contributed by atoms with Gasteiger partial charge in [0.15, 0.2) is 0 Å².